The van der Waals surface area contributed by atoms with Crippen LogP contribution in [0.1, 0.15) is 24.8 Å². The van der Waals surface area contributed by atoms with Gasteiger partial charge in [-0.05, 0) is 37.0 Å². The first-order valence-electron chi connectivity index (χ1n) is 8.60. The van der Waals surface area contributed by atoms with Gasteiger partial charge in [0.05, 0.1) is 24.3 Å². The van der Waals surface area contributed by atoms with Crippen LogP contribution in [0.15, 0.2) is 54.6 Å². The van der Waals surface area contributed by atoms with Crippen molar-refractivity contribution in [1.82, 2.24) is 5.32 Å². The lowest BCUT2D eigenvalue weighted by Crippen LogP contribution is -2.53. The van der Waals surface area contributed by atoms with E-state index in [1.807, 2.05) is 42.5 Å². The number of benzene rings is 2. The fraction of sp³-hybridized carbons (Fsp3) is 0.350. The summed E-state index contributed by atoms with van der Waals surface area (Å²) in [4.78, 5) is 14.8. The Balaban J connectivity index is 1.48. The highest BCUT2D eigenvalue weighted by atomic mass is 16.5. The van der Waals surface area contributed by atoms with Crippen LogP contribution < -0.4 is 15.0 Å². The Kier molecular flexibility index (Phi) is 3.89. The fourth-order valence-electron chi connectivity index (χ4n) is 3.64. The zero-order chi connectivity index (χ0) is 16.4. The van der Waals surface area contributed by atoms with Crippen molar-refractivity contribution < 1.29 is 9.53 Å². The van der Waals surface area contributed by atoms with Gasteiger partial charge in [-0.2, -0.15) is 0 Å². The van der Waals surface area contributed by atoms with Crippen molar-refractivity contribution in [2.75, 3.05) is 24.6 Å². The Hall–Kier alpha value is -2.49. The summed E-state index contributed by atoms with van der Waals surface area (Å²) in [5, 5.41) is 3.30. The summed E-state index contributed by atoms with van der Waals surface area (Å²) in [7, 11) is 0. The van der Waals surface area contributed by atoms with Gasteiger partial charge in [0, 0.05) is 0 Å². The molecule has 124 valence electrons. The number of carbonyl (C=O) groups is 1. The van der Waals surface area contributed by atoms with Gasteiger partial charge in [-0.3, -0.25) is 4.79 Å². The number of nitrogens with zero attached hydrogens (tertiary/aromatic N) is 1. The molecular weight excluding hydrogens is 300 g/mol. The number of hydrogen-bond acceptors (Lipinski definition) is 3. The molecule has 0 saturated heterocycles. The van der Waals surface area contributed by atoms with Crippen LogP contribution in [0.4, 0.5) is 5.69 Å². The van der Waals surface area contributed by atoms with Crippen LogP contribution in [0, 0.1) is 0 Å². The summed E-state index contributed by atoms with van der Waals surface area (Å²) in [5.74, 6) is 0.938. The number of para-hydroxylation sites is 2. The number of amides is 1. The molecule has 0 bridgehead atoms. The second-order valence-electron chi connectivity index (χ2n) is 6.59. The van der Waals surface area contributed by atoms with Crippen LogP contribution >= 0.6 is 0 Å². The molecule has 4 heteroatoms. The lowest BCUT2D eigenvalue weighted by molar-refractivity contribution is -0.123. The predicted octanol–water partition coefficient (Wildman–Crippen LogP) is 3.08. The largest absolute Gasteiger partial charge is 0.490 e. The lowest BCUT2D eigenvalue weighted by atomic mass is 9.72. The standard InChI is InChI=1S/C20H22N2O2/c23-19(15-22-13-14-24-18-10-5-4-9-17(18)22)21-20(11-6-12-20)16-7-2-1-3-8-16/h1-5,7-10H,6,11-15H2,(H,21,23). The highest BCUT2D eigenvalue weighted by molar-refractivity contribution is 5.83. The van der Waals surface area contributed by atoms with Crippen molar-refractivity contribution in [3.05, 3.63) is 60.2 Å². The fourth-order valence-corrected chi connectivity index (χ4v) is 3.64. The molecule has 1 N–H and O–H groups in total. The number of hydrogen-bond donors (Lipinski definition) is 1. The molecule has 1 fully saturated rings. The number of nitrogens with one attached hydrogen (secondary N) is 1. The predicted molar refractivity (Wildman–Crippen MR) is 94.3 cm³/mol. The van der Waals surface area contributed by atoms with Gasteiger partial charge in [0.1, 0.15) is 12.4 Å². The van der Waals surface area contributed by atoms with Crippen molar-refractivity contribution in [1.29, 1.82) is 0 Å². The van der Waals surface area contributed by atoms with Crippen LogP contribution in [-0.2, 0) is 10.3 Å². The Morgan fingerprint density at radius 1 is 1.08 bits per heavy atom. The first-order chi connectivity index (χ1) is 11.8. The van der Waals surface area contributed by atoms with Gasteiger partial charge in [0.25, 0.3) is 0 Å². The molecule has 1 aliphatic heterocycles. The molecular formula is C20H22N2O2. The summed E-state index contributed by atoms with van der Waals surface area (Å²) >= 11 is 0. The van der Waals surface area contributed by atoms with Crippen molar-refractivity contribution in [3.8, 4) is 5.75 Å². The molecule has 4 rings (SSSR count). The molecule has 1 aliphatic carbocycles. The maximum absolute atomic E-state index is 12.7. The molecule has 0 spiro atoms. The first kappa shape index (κ1) is 15.1. The zero-order valence-electron chi connectivity index (χ0n) is 13.7. The Morgan fingerprint density at radius 3 is 2.58 bits per heavy atom. The monoisotopic (exact) mass is 322 g/mol. The highest BCUT2D eigenvalue weighted by Crippen LogP contribution is 2.41. The zero-order valence-corrected chi connectivity index (χ0v) is 13.7. The van der Waals surface area contributed by atoms with Crippen molar-refractivity contribution in [2.24, 2.45) is 0 Å². The highest BCUT2D eigenvalue weighted by Gasteiger charge is 2.40. The minimum atomic E-state index is -0.176. The van der Waals surface area contributed by atoms with E-state index >= 15 is 0 Å². The van der Waals surface area contributed by atoms with Gasteiger partial charge < -0.3 is 15.0 Å². The second kappa shape index (κ2) is 6.19. The van der Waals surface area contributed by atoms with Crippen LogP contribution in [0.2, 0.25) is 0 Å². The minimum Gasteiger partial charge on any atom is -0.490 e. The number of carbonyl (C=O) groups excluding carboxylic acids is 1. The van der Waals surface area contributed by atoms with E-state index in [1.54, 1.807) is 0 Å². The normalized spacial score (nSPS) is 18.1. The molecule has 2 aromatic rings. The average Bonchev–Trinajstić information content (AvgIpc) is 2.59. The summed E-state index contributed by atoms with van der Waals surface area (Å²) in [5.41, 5.74) is 2.04. The van der Waals surface area contributed by atoms with Gasteiger partial charge in [0.15, 0.2) is 0 Å². The Labute approximate surface area is 142 Å². The van der Waals surface area contributed by atoms with E-state index in [0.29, 0.717) is 13.2 Å². The maximum Gasteiger partial charge on any atom is 0.240 e. The van der Waals surface area contributed by atoms with Gasteiger partial charge >= 0.3 is 0 Å². The summed E-state index contributed by atoms with van der Waals surface area (Å²) in [6, 6.07) is 18.2. The lowest BCUT2D eigenvalue weighted by Gasteiger charge is -2.43. The molecule has 1 saturated carbocycles. The van der Waals surface area contributed by atoms with Gasteiger partial charge in [-0.1, -0.05) is 42.5 Å². The summed E-state index contributed by atoms with van der Waals surface area (Å²) in [6.45, 7) is 1.73. The number of rotatable bonds is 4. The first-order valence-corrected chi connectivity index (χ1v) is 8.60. The second-order valence-corrected chi connectivity index (χ2v) is 6.59. The van der Waals surface area contributed by atoms with Crippen molar-refractivity contribution in [3.63, 3.8) is 0 Å². The number of anilines is 1. The van der Waals surface area contributed by atoms with Crippen LogP contribution in [-0.4, -0.2) is 25.6 Å². The van der Waals surface area contributed by atoms with E-state index in [9.17, 15) is 4.79 Å². The van der Waals surface area contributed by atoms with Crippen LogP contribution in [0.5, 0.6) is 5.75 Å². The van der Waals surface area contributed by atoms with Gasteiger partial charge in [-0.15, -0.1) is 0 Å². The van der Waals surface area contributed by atoms with E-state index in [4.69, 9.17) is 4.74 Å². The Bertz CT molecular complexity index is 725. The smallest absolute Gasteiger partial charge is 0.240 e. The SMILES string of the molecule is O=C(CN1CCOc2ccccc21)NC1(c2ccccc2)CCC1. The molecule has 4 nitrogen and oxygen atoms in total. The number of ether oxygens (including phenoxy) is 1. The van der Waals surface area contributed by atoms with E-state index in [2.05, 4.69) is 22.3 Å². The maximum atomic E-state index is 12.7. The molecule has 2 aromatic carbocycles. The molecule has 24 heavy (non-hydrogen) atoms. The van der Waals surface area contributed by atoms with Gasteiger partial charge in [0.2, 0.25) is 5.91 Å². The molecule has 1 heterocycles. The average molecular weight is 322 g/mol. The summed E-state index contributed by atoms with van der Waals surface area (Å²) in [6.07, 6.45) is 3.19. The molecule has 1 amide bonds. The topological polar surface area (TPSA) is 41.6 Å². The van der Waals surface area contributed by atoms with Gasteiger partial charge in [-0.25, -0.2) is 0 Å². The van der Waals surface area contributed by atoms with Crippen molar-refractivity contribution >= 4 is 11.6 Å². The third-order valence-electron chi connectivity index (χ3n) is 5.07. The van der Waals surface area contributed by atoms with Crippen molar-refractivity contribution in [2.45, 2.75) is 24.8 Å². The molecule has 0 unspecified atom stereocenters. The van der Waals surface area contributed by atoms with E-state index in [1.165, 1.54) is 5.56 Å². The summed E-state index contributed by atoms with van der Waals surface area (Å²) < 4.78 is 5.66. The third kappa shape index (κ3) is 2.73. The third-order valence-corrected chi connectivity index (χ3v) is 5.07. The van der Waals surface area contributed by atoms with Crippen LogP contribution in [0.3, 0.4) is 0 Å². The minimum absolute atomic E-state index is 0.0789. The molecule has 2 aliphatic rings. The Morgan fingerprint density at radius 2 is 1.83 bits per heavy atom. The van der Waals surface area contributed by atoms with Crippen LogP contribution in [0.25, 0.3) is 0 Å². The van der Waals surface area contributed by atoms with E-state index < -0.39 is 0 Å². The molecule has 0 atom stereocenters. The quantitative estimate of drug-likeness (QED) is 0.940. The molecule has 0 radical (unpaired) electrons. The van der Waals surface area contributed by atoms with E-state index in [-0.39, 0.29) is 11.4 Å². The molecule has 0 aromatic heterocycles. The van der Waals surface area contributed by atoms with E-state index in [0.717, 1.165) is 37.2 Å². The number of fused-ring (bicyclic) bond motifs is 1.